The van der Waals surface area contributed by atoms with Gasteiger partial charge in [0.05, 0.1) is 0 Å². The summed E-state index contributed by atoms with van der Waals surface area (Å²) in [5, 5.41) is 20.6. The van der Waals surface area contributed by atoms with E-state index in [1.807, 2.05) is 0 Å². The molecule has 0 fully saturated rings. The molecule has 0 amide bonds. The van der Waals surface area contributed by atoms with Crippen LogP contribution in [0, 0.1) is 0 Å². The maximum atomic E-state index is 12.8. The van der Waals surface area contributed by atoms with E-state index < -0.39 is 6.30 Å². The fraction of sp³-hybridized carbons (Fsp3) is 0.333. The zero-order valence-electron chi connectivity index (χ0n) is 7.29. The van der Waals surface area contributed by atoms with Crippen LogP contribution >= 0.6 is 0 Å². The van der Waals surface area contributed by atoms with Crippen LogP contribution in [0.2, 0.25) is 0 Å². The van der Waals surface area contributed by atoms with Crippen molar-refractivity contribution in [1.82, 2.24) is 0 Å². The maximum Gasteiger partial charge on any atom is 0.169 e. The summed E-state index contributed by atoms with van der Waals surface area (Å²) in [6.07, 6.45) is -0.786. The van der Waals surface area contributed by atoms with E-state index in [0.717, 1.165) is 0 Å². The van der Waals surface area contributed by atoms with Crippen LogP contribution < -0.4 is 5.32 Å². The first-order valence-electron chi connectivity index (χ1n) is 4.06. The molecule has 1 atom stereocenters. The zero-order chi connectivity index (χ0) is 9.84. The van der Waals surface area contributed by atoms with Gasteiger partial charge in [-0.2, -0.15) is 0 Å². The van der Waals surface area contributed by atoms with E-state index >= 15 is 0 Å². The van der Waals surface area contributed by atoms with Gasteiger partial charge >= 0.3 is 0 Å². The monoisotopic (exact) mass is 185 g/mol. The number of benzene rings is 1. The molecule has 0 aliphatic rings. The van der Waals surface area contributed by atoms with E-state index in [2.05, 4.69) is 5.32 Å². The number of anilines is 1. The molecule has 4 heteroatoms. The second kappa shape index (κ2) is 3.98. The van der Waals surface area contributed by atoms with Crippen LogP contribution in [-0.4, -0.2) is 16.5 Å². The van der Waals surface area contributed by atoms with Crippen LogP contribution in [0.4, 0.5) is 10.1 Å². The molecule has 0 saturated heterocycles. The second-order valence-electron chi connectivity index (χ2n) is 2.72. The highest BCUT2D eigenvalue weighted by Gasteiger charge is 2.04. The summed E-state index contributed by atoms with van der Waals surface area (Å²) >= 11 is 0. The largest absolute Gasteiger partial charge is 0.504 e. The predicted octanol–water partition coefficient (Wildman–Crippen LogP) is 2.22. The van der Waals surface area contributed by atoms with Crippen molar-refractivity contribution < 1.29 is 14.6 Å². The summed E-state index contributed by atoms with van der Waals surface area (Å²) in [6.45, 7) is 1.71. The number of hydrogen-bond acceptors (Lipinski definition) is 3. The molecule has 0 radical (unpaired) electrons. The van der Waals surface area contributed by atoms with E-state index in [0.29, 0.717) is 12.1 Å². The summed E-state index contributed by atoms with van der Waals surface area (Å²) in [4.78, 5) is 0. The average Bonchev–Trinajstić information content (AvgIpc) is 2.11. The van der Waals surface area contributed by atoms with E-state index in [1.165, 1.54) is 18.2 Å². The number of hydrogen-bond donors (Lipinski definition) is 3. The van der Waals surface area contributed by atoms with Crippen molar-refractivity contribution in [3.05, 3.63) is 18.2 Å². The highest BCUT2D eigenvalue weighted by Crippen LogP contribution is 2.27. The van der Waals surface area contributed by atoms with Crippen molar-refractivity contribution in [3.63, 3.8) is 0 Å². The Hall–Kier alpha value is -1.45. The standard InChI is InChI=1S/C9H12FNO2/c1-2-9(10)11-6-3-4-7(12)8(13)5-6/h3-5,9,11-13H,2H2,1H3. The van der Waals surface area contributed by atoms with Gasteiger partial charge in [0.2, 0.25) is 0 Å². The first-order chi connectivity index (χ1) is 6.13. The van der Waals surface area contributed by atoms with Gasteiger partial charge in [-0.1, -0.05) is 6.92 Å². The maximum absolute atomic E-state index is 12.8. The molecule has 1 unspecified atom stereocenters. The molecule has 0 saturated carbocycles. The lowest BCUT2D eigenvalue weighted by Gasteiger charge is -2.09. The number of nitrogens with one attached hydrogen (secondary N) is 1. The Labute approximate surface area is 75.8 Å². The van der Waals surface area contributed by atoms with Gasteiger partial charge in [0.15, 0.2) is 17.8 Å². The molecule has 0 spiro atoms. The Kier molecular flexibility index (Phi) is 2.95. The molecule has 0 aliphatic carbocycles. The van der Waals surface area contributed by atoms with Crippen molar-refractivity contribution in [2.75, 3.05) is 5.32 Å². The van der Waals surface area contributed by atoms with Gasteiger partial charge in [-0.3, -0.25) is 0 Å². The first kappa shape index (κ1) is 9.64. The van der Waals surface area contributed by atoms with Crippen LogP contribution in [0.1, 0.15) is 13.3 Å². The van der Waals surface area contributed by atoms with Crippen molar-refractivity contribution in [2.24, 2.45) is 0 Å². The van der Waals surface area contributed by atoms with Gasteiger partial charge in [-0.15, -0.1) is 0 Å². The molecule has 3 nitrogen and oxygen atoms in total. The number of rotatable bonds is 3. The quantitative estimate of drug-likeness (QED) is 0.384. The smallest absolute Gasteiger partial charge is 0.169 e. The molecule has 3 N–H and O–H groups in total. The summed E-state index contributed by atoms with van der Waals surface area (Å²) in [6, 6.07) is 4.08. The lowest BCUT2D eigenvalue weighted by Crippen LogP contribution is -2.11. The van der Waals surface area contributed by atoms with Crippen LogP contribution in [0.15, 0.2) is 18.2 Å². The lowest BCUT2D eigenvalue weighted by atomic mass is 10.2. The van der Waals surface area contributed by atoms with Crippen LogP contribution in [-0.2, 0) is 0 Å². The molecule has 0 aliphatic heterocycles. The molecule has 13 heavy (non-hydrogen) atoms. The lowest BCUT2D eigenvalue weighted by molar-refractivity contribution is 0.363. The molecular formula is C9H12FNO2. The van der Waals surface area contributed by atoms with Crippen LogP contribution in [0.5, 0.6) is 11.5 Å². The minimum absolute atomic E-state index is 0.211. The number of alkyl halides is 1. The molecule has 1 aromatic carbocycles. The second-order valence-corrected chi connectivity index (χ2v) is 2.72. The molecule has 0 aromatic heterocycles. The normalized spacial score (nSPS) is 12.5. The van der Waals surface area contributed by atoms with Gasteiger partial charge < -0.3 is 15.5 Å². The minimum Gasteiger partial charge on any atom is -0.504 e. The van der Waals surface area contributed by atoms with Crippen molar-refractivity contribution in [2.45, 2.75) is 19.6 Å². The Bertz CT molecular complexity index is 291. The molecule has 1 aromatic rings. The summed E-state index contributed by atoms with van der Waals surface area (Å²) in [5.74, 6) is -0.467. The topological polar surface area (TPSA) is 52.5 Å². The van der Waals surface area contributed by atoms with Crippen molar-refractivity contribution in [3.8, 4) is 11.5 Å². The third-order valence-electron chi connectivity index (χ3n) is 1.66. The third-order valence-corrected chi connectivity index (χ3v) is 1.66. The molecular weight excluding hydrogens is 173 g/mol. The highest BCUT2D eigenvalue weighted by molar-refractivity contribution is 5.53. The van der Waals surface area contributed by atoms with Crippen LogP contribution in [0.3, 0.4) is 0 Å². The Morgan fingerprint density at radius 2 is 2.08 bits per heavy atom. The van der Waals surface area contributed by atoms with Crippen molar-refractivity contribution >= 4 is 5.69 Å². The third kappa shape index (κ3) is 2.50. The molecule has 0 heterocycles. The van der Waals surface area contributed by atoms with Gasteiger partial charge in [-0.25, -0.2) is 4.39 Å². The first-order valence-corrected chi connectivity index (χ1v) is 4.06. The predicted molar refractivity (Wildman–Crippen MR) is 48.6 cm³/mol. The van der Waals surface area contributed by atoms with E-state index in [-0.39, 0.29) is 11.5 Å². The zero-order valence-corrected chi connectivity index (χ0v) is 7.29. The van der Waals surface area contributed by atoms with Gasteiger partial charge in [0, 0.05) is 11.8 Å². The molecule has 72 valence electrons. The fourth-order valence-electron chi connectivity index (χ4n) is 0.896. The van der Waals surface area contributed by atoms with Gasteiger partial charge in [0.1, 0.15) is 0 Å². The SMILES string of the molecule is CCC(F)Nc1ccc(O)c(O)c1. The van der Waals surface area contributed by atoms with Crippen LogP contribution in [0.25, 0.3) is 0 Å². The van der Waals surface area contributed by atoms with Crippen molar-refractivity contribution in [1.29, 1.82) is 0 Å². The summed E-state index contributed by atoms with van der Waals surface area (Å²) < 4.78 is 12.8. The average molecular weight is 185 g/mol. The Balaban J connectivity index is 2.73. The van der Waals surface area contributed by atoms with Gasteiger partial charge in [-0.05, 0) is 18.6 Å². The van der Waals surface area contributed by atoms with Gasteiger partial charge in [0.25, 0.3) is 0 Å². The van der Waals surface area contributed by atoms with E-state index in [9.17, 15) is 4.39 Å². The minimum atomic E-state index is -1.14. The van der Waals surface area contributed by atoms with E-state index in [4.69, 9.17) is 10.2 Å². The fourth-order valence-corrected chi connectivity index (χ4v) is 0.896. The number of aromatic hydroxyl groups is 2. The number of phenols is 2. The highest BCUT2D eigenvalue weighted by atomic mass is 19.1. The summed E-state index contributed by atoms with van der Waals surface area (Å²) in [5.41, 5.74) is 0.449. The Morgan fingerprint density at radius 1 is 1.38 bits per heavy atom. The number of phenolic OH excluding ortho intramolecular Hbond substituents is 2. The molecule has 1 rings (SSSR count). The molecule has 0 bridgehead atoms. The number of halogens is 1. The Morgan fingerprint density at radius 3 is 2.62 bits per heavy atom. The van der Waals surface area contributed by atoms with E-state index in [1.54, 1.807) is 6.92 Å². The summed E-state index contributed by atoms with van der Waals surface area (Å²) in [7, 11) is 0.